The predicted molar refractivity (Wildman–Crippen MR) is 134 cm³/mol. The van der Waals surface area contributed by atoms with Gasteiger partial charge in [0.1, 0.15) is 12.4 Å². The molecule has 7 heteroatoms. The van der Waals surface area contributed by atoms with E-state index >= 15 is 0 Å². The fourth-order valence-corrected chi connectivity index (χ4v) is 4.57. The first-order valence-electron chi connectivity index (χ1n) is 9.77. The number of carbonyl (C=O) groups excluding carboxylic acids is 2. The third-order valence-corrected chi connectivity index (χ3v) is 6.33. The molecule has 0 saturated carbocycles. The van der Waals surface area contributed by atoms with Crippen LogP contribution in [0, 0.1) is 0 Å². The Balaban J connectivity index is 1.51. The molecule has 4 nitrogen and oxygen atoms in total. The van der Waals surface area contributed by atoms with Crippen LogP contribution in [0.25, 0.3) is 6.08 Å². The molecule has 3 aromatic rings. The van der Waals surface area contributed by atoms with E-state index in [-0.39, 0.29) is 11.7 Å². The number of hydrogen-bond donors (Lipinski definition) is 0. The zero-order chi connectivity index (χ0) is 22.7. The Labute approximate surface area is 200 Å². The highest BCUT2D eigenvalue weighted by Gasteiger charge is 2.33. The lowest BCUT2D eigenvalue weighted by Gasteiger charge is -2.15. The molecule has 1 fully saturated rings. The first-order chi connectivity index (χ1) is 15.4. The second-order valence-corrected chi connectivity index (χ2v) is 9.22. The van der Waals surface area contributed by atoms with Crippen LogP contribution in [0.3, 0.4) is 0 Å². The van der Waals surface area contributed by atoms with Crippen LogP contribution in [0.4, 0.5) is 5.69 Å². The van der Waals surface area contributed by atoms with Crippen molar-refractivity contribution in [3.05, 3.63) is 99.4 Å². The van der Waals surface area contributed by atoms with Crippen molar-refractivity contribution >= 4 is 63.4 Å². The van der Waals surface area contributed by atoms with E-state index in [4.69, 9.17) is 28.6 Å². The minimum atomic E-state index is -0.215. The number of amides is 1. The quantitative estimate of drug-likeness (QED) is 0.228. The summed E-state index contributed by atoms with van der Waals surface area (Å²) in [5.41, 5.74) is 2.96. The Morgan fingerprint density at radius 2 is 1.84 bits per heavy atom. The van der Waals surface area contributed by atoms with E-state index in [2.05, 4.69) is 0 Å². The van der Waals surface area contributed by atoms with E-state index in [1.165, 1.54) is 23.6 Å². The average Bonchev–Trinajstić information content (AvgIpc) is 3.06. The predicted octanol–water partition coefficient (Wildman–Crippen LogP) is 6.53. The molecule has 160 valence electrons. The summed E-state index contributed by atoms with van der Waals surface area (Å²) in [6, 6.07) is 21.9. The molecule has 32 heavy (non-hydrogen) atoms. The Kier molecular flexibility index (Phi) is 6.74. The molecular weight excluding hydrogens is 462 g/mol. The maximum absolute atomic E-state index is 13.0. The minimum Gasteiger partial charge on any atom is -0.489 e. The number of hydrogen-bond acceptors (Lipinski definition) is 5. The van der Waals surface area contributed by atoms with Gasteiger partial charge >= 0.3 is 0 Å². The van der Waals surface area contributed by atoms with Crippen LogP contribution in [-0.2, 0) is 11.4 Å². The van der Waals surface area contributed by atoms with E-state index in [0.29, 0.717) is 37.9 Å². The molecule has 1 aliphatic heterocycles. The first kappa shape index (κ1) is 22.3. The Bertz CT molecular complexity index is 1240. The molecule has 1 aliphatic rings. The van der Waals surface area contributed by atoms with Gasteiger partial charge in [-0.15, -0.1) is 0 Å². The molecule has 0 N–H and O–H groups in total. The lowest BCUT2D eigenvalue weighted by atomic mass is 10.1. The van der Waals surface area contributed by atoms with Crippen molar-refractivity contribution in [3.63, 3.8) is 0 Å². The summed E-state index contributed by atoms with van der Waals surface area (Å²) in [4.78, 5) is 26.7. The van der Waals surface area contributed by atoms with Crippen LogP contribution in [0.2, 0.25) is 5.02 Å². The molecule has 1 heterocycles. The van der Waals surface area contributed by atoms with Crippen molar-refractivity contribution in [2.75, 3.05) is 4.90 Å². The van der Waals surface area contributed by atoms with Crippen LogP contribution in [0.15, 0.2) is 77.7 Å². The number of nitrogens with zero attached hydrogens (tertiary/aromatic N) is 1. The fraction of sp³-hybridized carbons (Fsp3) is 0.0800. The van der Waals surface area contributed by atoms with E-state index in [9.17, 15) is 9.59 Å². The highest BCUT2D eigenvalue weighted by Crippen LogP contribution is 2.36. The number of benzene rings is 3. The Morgan fingerprint density at radius 1 is 1.09 bits per heavy atom. The molecule has 0 spiro atoms. The largest absolute Gasteiger partial charge is 0.489 e. The van der Waals surface area contributed by atoms with Gasteiger partial charge in [-0.05, 0) is 60.5 Å². The van der Waals surface area contributed by atoms with Gasteiger partial charge in [0.15, 0.2) is 10.1 Å². The lowest BCUT2D eigenvalue weighted by Crippen LogP contribution is -2.27. The summed E-state index contributed by atoms with van der Waals surface area (Å²) in [7, 11) is 0. The van der Waals surface area contributed by atoms with Gasteiger partial charge in [0.2, 0.25) is 0 Å². The highest BCUT2D eigenvalue weighted by atomic mass is 35.5. The Morgan fingerprint density at radius 3 is 2.59 bits per heavy atom. The average molecular weight is 480 g/mol. The molecule has 0 aliphatic carbocycles. The summed E-state index contributed by atoms with van der Waals surface area (Å²) >= 11 is 12.6. The molecule has 0 radical (unpaired) electrons. The maximum atomic E-state index is 13.0. The van der Waals surface area contributed by atoms with Gasteiger partial charge in [-0.25, -0.2) is 0 Å². The van der Waals surface area contributed by atoms with Gasteiger partial charge in [0, 0.05) is 10.6 Å². The summed E-state index contributed by atoms with van der Waals surface area (Å²) in [5, 5.41) is 0.682. The number of Topliss-reactive ketones (excluding diaryl/α,β-unsaturated/α-hetero) is 1. The number of thiocarbonyl (C=S) groups is 1. The molecule has 0 aromatic heterocycles. The molecular formula is C25H18ClNO3S2. The van der Waals surface area contributed by atoms with Crippen molar-refractivity contribution in [2.24, 2.45) is 0 Å². The second-order valence-electron chi connectivity index (χ2n) is 7.11. The third-order valence-electron chi connectivity index (χ3n) is 4.78. The van der Waals surface area contributed by atoms with Gasteiger partial charge in [-0.3, -0.25) is 14.5 Å². The number of carbonyl (C=O) groups is 2. The molecule has 0 unspecified atom stereocenters. The van der Waals surface area contributed by atoms with Crippen molar-refractivity contribution in [1.29, 1.82) is 0 Å². The van der Waals surface area contributed by atoms with Crippen molar-refractivity contribution in [1.82, 2.24) is 0 Å². The van der Waals surface area contributed by atoms with Crippen molar-refractivity contribution in [3.8, 4) is 5.75 Å². The third kappa shape index (κ3) is 5.10. The van der Waals surface area contributed by atoms with Crippen molar-refractivity contribution in [2.45, 2.75) is 13.5 Å². The standard InChI is InChI=1S/C25H18ClNO3S2/c1-16(28)19-5-3-6-21(14-19)27-24(29)23(32-25(27)31)13-18-4-2-7-22(12-18)30-15-17-8-10-20(26)11-9-17/h2-14H,15H2,1H3. The van der Waals surface area contributed by atoms with E-state index in [1.54, 1.807) is 30.3 Å². The maximum Gasteiger partial charge on any atom is 0.270 e. The molecule has 1 amide bonds. The van der Waals surface area contributed by atoms with Gasteiger partial charge < -0.3 is 4.74 Å². The summed E-state index contributed by atoms with van der Waals surface area (Å²) in [6.07, 6.45) is 1.79. The van der Waals surface area contributed by atoms with Gasteiger partial charge in [-0.1, -0.05) is 72.0 Å². The zero-order valence-electron chi connectivity index (χ0n) is 17.1. The number of rotatable bonds is 6. The van der Waals surface area contributed by atoms with E-state index in [0.717, 1.165) is 11.1 Å². The first-order valence-corrected chi connectivity index (χ1v) is 11.4. The van der Waals surface area contributed by atoms with E-state index < -0.39 is 0 Å². The molecule has 4 rings (SSSR count). The molecule has 0 atom stereocenters. The van der Waals surface area contributed by atoms with Gasteiger partial charge in [0.05, 0.1) is 10.6 Å². The monoisotopic (exact) mass is 479 g/mol. The lowest BCUT2D eigenvalue weighted by molar-refractivity contribution is -0.113. The molecule has 1 saturated heterocycles. The molecule has 0 bridgehead atoms. The van der Waals surface area contributed by atoms with Gasteiger partial charge in [-0.2, -0.15) is 0 Å². The Hall–Kier alpha value is -2.93. The summed E-state index contributed by atoms with van der Waals surface area (Å²) in [5.74, 6) is 0.412. The van der Waals surface area contributed by atoms with Crippen LogP contribution < -0.4 is 9.64 Å². The molecule has 3 aromatic carbocycles. The normalized spacial score (nSPS) is 14.8. The van der Waals surface area contributed by atoms with Crippen molar-refractivity contribution < 1.29 is 14.3 Å². The number of halogens is 1. The summed E-state index contributed by atoms with van der Waals surface area (Å²) < 4.78 is 6.31. The number of anilines is 1. The smallest absolute Gasteiger partial charge is 0.270 e. The van der Waals surface area contributed by atoms with Crippen LogP contribution in [-0.4, -0.2) is 16.0 Å². The second kappa shape index (κ2) is 9.69. The van der Waals surface area contributed by atoms with E-state index in [1.807, 2.05) is 48.5 Å². The van der Waals surface area contributed by atoms with Gasteiger partial charge in [0.25, 0.3) is 5.91 Å². The number of thioether (sulfide) groups is 1. The zero-order valence-corrected chi connectivity index (χ0v) is 19.5. The van der Waals surface area contributed by atoms with Crippen LogP contribution >= 0.6 is 35.6 Å². The SMILES string of the molecule is CC(=O)c1cccc(N2C(=O)C(=Cc3cccc(OCc4ccc(Cl)cc4)c3)SC2=S)c1. The van der Waals surface area contributed by atoms with Crippen LogP contribution in [0.1, 0.15) is 28.4 Å². The fourth-order valence-electron chi connectivity index (χ4n) is 3.15. The minimum absolute atomic E-state index is 0.0664. The topological polar surface area (TPSA) is 46.6 Å². The highest BCUT2D eigenvalue weighted by molar-refractivity contribution is 8.27. The number of ether oxygens (including phenoxy) is 1. The van der Waals surface area contributed by atoms with Crippen LogP contribution in [0.5, 0.6) is 5.75 Å². The summed E-state index contributed by atoms with van der Waals surface area (Å²) in [6.45, 7) is 1.90. The number of ketones is 1.